The van der Waals surface area contributed by atoms with Crippen molar-refractivity contribution in [2.75, 3.05) is 20.3 Å². The molecule has 21 heavy (non-hydrogen) atoms. The molecule has 0 amide bonds. The Morgan fingerprint density at radius 2 is 2.19 bits per heavy atom. The maximum absolute atomic E-state index is 5.99. The minimum absolute atomic E-state index is 0.378. The Balaban J connectivity index is 1.56. The van der Waals surface area contributed by atoms with Crippen LogP contribution in [0.5, 0.6) is 11.5 Å². The van der Waals surface area contributed by atoms with Gasteiger partial charge in [0.1, 0.15) is 11.5 Å². The van der Waals surface area contributed by atoms with Crippen molar-refractivity contribution < 1.29 is 14.2 Å². The van der Waals surface area contributed by atoms with Crippen LogP contribution in [-0.4, -0.2) is 32.5 Å². The quantitative estimate of drug-likeness (QED) is 0.799. The van der Waals surface area contributed by atoms with Gasteiger partial charge in [-0.2, -0.15) is 0 Å². The summed E-state index contributed by atoms with van der Waals surface area (Å²) in [5.74, 6) is 1.78. The molecule has 1 atom stereocenters. The number of hydrogen-bond donors (Lipinski definition) is 1. The maximum Gasteiger partial charge on any atom is 0.127 e. The van der Waals surface area contributed by atoms with Gasteiger partial charge < -0.3 is 19.5 Å². The first-order valence-corrected chi connectivity index (χ1v) is 8.00. The first-order valence-electron chi connectivity index (χ1n) is 8.00. The molecule has 4 heteroatoms. The highest BCUT2D eigenvalue weighted by molar-refractivity contribution is 5.40. The van der Waals surface area contributed by atoms with E-state index >= 15 is 0 Å². The topological polar surface area (TPSA) is 39.7 Å². The van der Waals surface area contributed by atoms with Gasteiger partial charge in [0.25, 0.3) is 0 Å². The molecular weight excluding hydrogens is 266 g/mol. The van der Waals surface area contributed by atoms with E-state index < -0.39 is 0 Å². The van der Waals surface area contributed by atoms with Crippen LogP contribution in [0, 0.1) is 0 Å². The Morgan fingerprint density at radius 3 is 2.90 bits per heavy atom. The van der Waals surface area contributed by atoms with Gasteiger partial charge in [-0.15, -0.1) is 0 Å². The van der Waals surface area contributed by atoms with Crippen LogP contribution in [0.15, 0.2) is 18.2 Å². The zero-order valence-electron chi connectivity index (χ0n) is 12.8. The fourth-order valence-electron chi connectivity index (χ4n) is 2.66. The third-order valence-corrected chi connectivity index (χ3v) is 4.15. The van der Waals surface area contributed by atoms with Crippen molar-refractivity contribution in [2.24, 2.45) is 0 Å². The highest BCUT2D eigenvalue weighted by Gasteiger charge is 2.21. The molecule has 0 radical (unpaired) electrons. The summed E-state index contributed by atoms with van der Waals surface area (Å²) in [6.07, 6.45) is 6.28. The summed E-state index contributed by atoms with van der Waals surface area (Å²) < 4.78 is 16.9. The molecule has 2 aliphatic rings. The molecule has 1 saturated carbocycles. The third-order valence-electron chi connectivity index (χ3n) is 4.15. The summed E-state index contributed by atoms with van der Waals surface area (Å²) in [4.78, 5) is 0. The monoisotopic (exact) mass is 291 g/mol. The Labute approximate surface area is 126 Å². The van der Waals surface area contributed by atoms with Crippen LogP contribution in [-0.2, 0) is 11.3 Å². The van der Waals surface area contributed by atoms with Crippen LogP contribution < -0.4 is 14.8 Å². The number of ether oxygens (including phenoxy) is 3. The number of rotatable bonds is 8. The molecule has 0 bridgehead atoms. The molecule has 3 rings (SSSR count). The van der Waals surface area contributed by atoms with Crippen LogP contribution in [0.4, 0.5) is 0 Å². The molecule has 1 heterocycles. The Hall–Kier alpha value is -1.26. The van der Waals surface area contributed by atoms with E-state index in [1.54, 1.807) is 7.11 Å². The van der Waals surface area contributed by atoms with Gasteiger partial charge in [-0.25, -0.2) is 0 Å². The van der Waals surface area contributed by atoms with Gasteiger partial charge in [0, 0.05) is 37.2 Å². The SMILES string of the molecule is COc1ccc(CNC2CC2)c(OCCC2CCCO2)c1. The lowest BCUT2D eigenvalue weighted by Crippen LogP contribution is -2.17. The minimum atomic E-state index is 0.378. The lowest BCUT2D eigenvalue weighted by atomic mass is 10.1. The lowest BCUT2D eigenvalue weighted by molar-refractivity contribution is 0.0901. The molecule has 1 aliphatic heterocycles. The van der Waals surface area contributed by atoms with E-state index in [0.29, 0.717) is 18.8 Å². The van der Waals surface area contributed by atoms with Crippen LogP contribution in [0.2, 0.25) is 0 Å². The molecule has 0 spiro atoms. The summed E-state index contributed by atoms with van der Waals surface area (Å²) >= 11 is 0. The molecule has 4 nitrogen and oxygen atoms in total. The first-order chi connectivity index (χ1) is 10.3. The Bertz CT molecular complexity index is 453. The van der Waals surface area contributed by atoms with Crippen molar-refractivity contribution in [3.05, 3.63) is 23.8 Å². The van der Waals surface area contributed by atoms with Crippen molar-refractivity contribution in [3.8, 4) is 11.5 Å². The fourth-order valence-corrected chi connectivity index (χ4v) is 2.66. The van der Waals surface area contributed by atoms with E-state index in [1.165, 1.54) is 24.8 Å². The molecule has 1 unspecified atom stereocenters. The van der Waals surface area contributed by atoms with E-state index in [2.05, 4.69) is 11.4 Å². The van der Waals surface area contributed by atoms with Gasteiger partial charge in [-0.1, -0.05) is 6.07 Å². The summed E-state index contributed by atoms with van der Waals surface area (Å²) in [7, 11) is 1.69. The Kier molecular flexibility index (Phi) is 4.99. The second-order valence-electron chi connectivity index (χ2n) is 5.90. The van der Waals surface area contributed by atoms with E-state index in [4.69, 9.17) is 14.2 Å². The van der Waals surface area contributed by atoms with Gasteiger partial charge >= 0.3 is 0 Å². The van der Waals surface area contributed by atoms with Crippen LogP contribution in [0.3, 0.4) is 0 Å². The first kappa shape index (κ1) is 14.7. The van der Waals surface area contributed by atoms with E-state index in [9.17, 15) is 0 Å². The normalized spacial score (nSPS) is 21.5. The number of benzene rings is 1. The smallest absolute Gasteiger partial charge is 0.127 e. The number of hydrogen-bond acceptors (Lipinski definition) is 4. The fraction of sp³-hybridized carbons (Fsp3) is 0.647. The summed E-state index contributed by atoms with van der Waals surface area (Å²) in [5, 5.41) is 3.54. The van der Waals surface area contributed by atoms with Crippen LogP contribution >= 0.6 is 0 Å². The summed E-state index contributed by atoms with van der Waals surface area (Å²) in [6, 6.07) is 6.78. The maximum atomic E-state index is 5.99. The highest BCUT2D eigenvalue weighted by Crippen LogP contribution is 2.27. The highest BCUT2D eigenvalue weighted by atomic mass is 16.5. The van der Waals surface area contributed by atoms with E-state index in [0.717, 1.165) is 37.5 Å². The lowest BCUT2D eigenvalue weighted by Gasteiger charge is -2.15. The van der Waals surface area contributed by atoms with Crippen molar-refractivity contribution >= 4 is 0 Å². The number of methoxy groups -OCH3 is 1. The van der Waals surface area contributed by atoms with Crippen LogP contribution in [0.1, 0.15) is 37.7 Å². The second kappa shape index (κ2) is 7.14. The largest absolute Gasteiger partial charge is 0.497 e. The molecule has 1 aromatic carbocycles. The standard InChI is InChI=1S/C17H25NO3/c1-19-16-7-4-13(12-18-14-5-6-14)17(11-16)21-10-8-15-3-2-9-20-15/h4,7,11,14-15,18H,2-3,5-6,8-10,12H2,1H3. The zero-order valence-corrected chi connectivity index (χ0v) is 12.8. The molecule has 1 aromatic rings. The summed E-state index contributed by atoms with van der Waals surface area (Å²) in [6.45, 7) is 2.47. The molecule has 116 valence electrons. The second-order valence-corrected chi connectivity index (χ2v) is 5.90. The van der Waals surface area contributed by atoms with Gasteiger partial charge in [-0.05, 0) is 31.7 Å². The minimum Gasteiger partial charge on any atom is -0.497 e. The van der Waals surface area contributed by atoms with Crippen LogP contribution in [0.25, 0.3) is 0 Å². The molecule has 2 fully saturated rings. The van der Waals surface area contributed by atoms with Crippen molar-refractivity contribution in [1.82, 2.24) is 5.32 Å². The van der Waals surface area contributed by atoms with Crippen molar-refractivity contribution in [2.45, 2.75) is 50.8 Å². The van der Waals surface area contributed by atoms with Gasteiger partial charge in [0.2, 0.25) is 0 Å². The molecule has 1 saturated heterocycles. The van der Waals surface area contributed by atoms with Gasteiger partial charge in [-0.3, -0.25) is 0 Å². The van der Waals surface area contributed by atoms with Crippen molar-refractivity contribution in [3.63, 3.8) is 0 Å². The summed E-state index contributed by atoms with van der Waals surface area (Å²) in [5.41, 5.74) is 1.20. The van der Waals surface area contributed by atoms with E-state index in [1.807, 2.05) is 12.1 Å². The average Bonchev–Trinajstić information content (AvgIpc) is 3.20. The number of nitrogens with one attached hydrogen (secondary N) is 1. The van der Waals surface area contributed by atoms with Crippen molar-refractivity contribution in [1.29, 1.82) is 0 Å². The molecule has 1 aliphatic carbocycles. The Morgan fingerprint density at radius 1 is 1.29 bits per heavy atom. The molecule has 1 N–H and O–H groups in total. The van der Waals surface area contributed by atoms with Gasteiger partial charge in [0.05, 0.1) is 19.8 Å². The third kappa shape index (κ3) is 4.35. The predicted octanol–water partition coefficient (Wildman–Crippen LogP) is 2.90. The molecule has 0 aromatic heterocycles. The van der Waals surface area contributed by atoms with E-state index in [-0.39, 0.29) is 0 Å². The molecular formula is C17H25NO3. The van der Waals surface area contributed by atoms with Gasteiger partial charge in [0.15, 0.2) is 0 Å². The zero-order chi connectivity index (χ0) is 14.5. The predicted molar refractivity (Wildman–Crippen MR) is 81.9 cm³/mol. The average molecular weight is 291 g/mol.